The Morgan fingerprint density at radius 3 is 2.57 bits per heavy atom. The van der Waals surface area contributed by atoms with Gasteiger partial charge in [0.05, 0.1) is 35.9 Å². The van der Waals surface area contributed by atoms with E-state index in [2.05, 4.69) is 5.32 Å². The lowest BCUT2D eigenvalue weighted by Gasteiger charge is -2.26. The van der Waals surface area contributed by atoms with Crippen molar-refractivity contribution in [3.05, 3.63) is 49.8 Å². The highest BCUT2D eigenvalue weighted by Crippen LogP contribution is 2.38. The van der Waals surface area contributed by atoms with E-state index in [-0.39, 0.29) is 23.8 Å². The van der Waals surface area contributed by atoms with Gasteiger partial charge in [0.2, 0.25) is 0 Å². The van der Waals surface area contributed by atoms with Crippen molar-refractivity contribution in [2.75, 3.05) is 25.1 Å². The molecule has 1 aromatic heterocycles. The SMILES string of the molecule is CCOC(=O)c1c(NC(=O)c2ccc(Cl)cc2Cl)sc2c1CCN(C(=O)OCC)C2. The van der Waals surface area contributed by atoms with Crippen LogP contribution in [0.3, 0.4) is 0 Å². The number of anilines is 1. The molecule has 0 saturated heterocycles. The molecule has 0 fully saturated rings. The third kappa shape index (κ3) is 4.71. The maximum absolute atomic E-state index is 12.8. The van der Waals surface area contributed by atoms with Crippen LogP contribution in [0.4, 0.5) is 9.80 Å². The highest BCUT2D eigenvalue weighted by molar-refractivity contribution is 7.17. The van der Waals surface area contributed by atoms with E-state index < -0.39 is 18.0 Å². The third-order valence-corrected chi connectivity index (χ3v) is 6.15. The van der Waals surface area contributed by atoms with Crippen molar-refractivity contribution in [1.29, 1.82) is 0 Å². The van der Waals surface area contributed by atoms with Crippen molar-refractivity contribution in [3.63, 3.8) is 0 Å². The number of hydrogen-bond donors (Lipinski definition) is 1. The summed E-state index contributed by atoms with van der Waals surface area (Å²) in [6, 6.07) is 4.55. The number of amides is 2. The number of nitrogens with zero attached hydrogens (tertiary/aromatic N) is 1. The zero-order valence-corrected chi connectivity index (χ0v) is 18.7. The number of hydrogen-bond acceptors (Lipinski definition) is 6. The van der Waals surface area contributed by atoms with Crippen LogP contribution in [0, 0.1) is 0 Å². The Hall–Kier alpha value is -2.29. The van der Waals surface area contributed by atoms with Crippen molar-refractivity contribution in [3.8, 4) is 0 Å². The fraction of sp³-hybridized carbons (Fsp3) is 0.350. The van der Waals surface area contributed by atoms with Crippen LogP contribution in [0.25, 0.3) is 0 Å². The Bertz CT molecular complexity index is 992. The Morgan fingerprint density at radius 2 is 1.90 bits per heavy atom. The second kappa shape index (κ2) is 9.68. The molecule has 2 aromatic rings. The van der Waals surface area contributed by atoms with Crippen LogP contribution in [-0.2, 0) is 22.4 Å². The predicted octanol–water partition coefficient (Wildman–Crippen LogP) is 5.00. The van der Waals surface area contributed by atoms with Crippen molar-refractivity contribution < 1.29 is 23.9 Å². The van der Waals surface area contributed by atoms with E-state index in [0.717, 1.165) is 10.4 Å². The van der Waals surface area contributed by atoms with Crippen molar-refractivity contribution in [2.45, 2.75) is 26.8 Å². The molecule has 1 N–H and O–H groups in total. The molecule has 2 heterocycles. The number of fused-ring (bicyclic) bond motifs is 1. The summed E-state index contributed by atoms with van der Waals surface area (Å²) in [5.74, 6) is -0.986. The van der Waals surface area contributed by atoms with Gasteiger partial charge in [-0.2, -0.15) is 0 Å². The molecule has 1 aromatic carbocycles. The molecule has 0 atom stereocenters. The number of thiophene rings is 1. The highest BCUT2D eigenvalue weighted by Gasteiger charge is 2.31. The normalized spacial score (nSPS) is 12.9. The molecular weight excluding hydrogens is 451 g/mol. The number of halogens is 2. The highest BCUT2D eigenvalue weighted by atomic mass is 35.5. The quantitative estimate of drug-likeness (QED) is 0.621. The third-order valence-electron chi connectivity index (χ3n) is 4.47. The molecule has 0 unspecified atom stereocenters. The average molecular weight is 471 g/mol. The summed E-state index contributed by atoms with van der Waals surface area (Å²) in [6.07, 6.45) is 0.0453. The first-order chi connectivity index (χ1) is 14.3. The lowest BCUT2D eigenvalue weighted by molar-refractivity contribution is 0.0526. The Kier molecular flexibility index (Phi) is 7.23. The van der Waals surface area contributed by atoms with Crippen LogP contribution in [-0.4, -0.2) is 42.6 Å². The van der Waals surface area contributed by atoms with Gasteiger partial charge in [-0.15, -0.1) is 11.3 Å². The second-order valence-electron chi connectivity index (χ2n) is 6.38. The summed E-state index contributed by atoms with van der Waals surface area (Å²) >= 11 is 13.3. The first-order valence-corrected chi connectivity index (χ1v) is 10.9. The standard InChI is InChI=1S/C20H20Cl2N2O5S/c1-3-28-19(26)16-13-7-8-24(20(27)29-4-2)10-15(13)30-18(16)23-17(25)12-6-5-11(21)9-14(12)22/h5-6,9H,3-4,7-8,10H2,1-2H3,(H,23,25). The number of esters is 1. The Balaban J connectivity index is 1.93. The zero-order valence-electron chi connectivity index (χ0n) is 16.4. The lowest BCUT2D eigenvalue weighted by Crippen LogP contribution is -2.36. The number of nitrogens with one attached hydrogen (secondary N) is 1. The average Bonchev–Trinajstić information content (AvgIpc) is 3.05. The van der Waals surface area contributed by atoms with Crippen LogP contribution in [0.15, 0.2) is 18.2 Å². The molecule has 0 spiro atoms. The molecule has 0 radical (unpaired) electrons. The number of carbonyl (C=O) groups excluding carboxylic acids is 3. The minimum Gasteiger partial charge on any atom is -0.462 e. The summed E-state index contributed by atoms with van der Waals surface area (Å²) in [5, 5.41) is 3.74. The maximum Gasteiger partial charge on any atom is 0.410 e. The van der Waals surface area contributed by atoms with E-state index in [0.29, 0.717) is 35.1 Å². The van der Waals surface area contributed by atoms with Gasteiger partial charge in [-0.1, -0.05) is 23.2 Å². The minimum absolute atomic E-state index is 0.201. The summed E-state index contributed by atoms with van der Waals surface area (Å²) in [4.78, 5) is 39.9. The van der Waals surface area contributed by atoms with E-state index >= 15 is 0 Å². The molecule has 0 bridgehead atoms. The fourth-order valence-corrected chi connectivity index (χ4v) is 4.87. The molecular formula is C20H20Cl2N2O5S. The zero-order chi connectivity index (χ0) is 21.8. The second-order valence-corrected chi connectivity index (χ2v) is 8.33. The number of ether oxygens (including phenoxy) is 2. The first-order valence-electron chi connectivity index (χ1n) is 9.35. The minimum atomic E-state index is -0.517. The summed E-state index contributed by atoms with van der Waals surface area (Å²) < 4.78 is 10.3. The van der Waals surface area contributed by atoms with Gasteiger partial charge in [0, 0.05) is 16.4 Å². The van der Waals surface area contributed by atoms with E-state index in [1.54, 1.807) is 24.8 Å². The van der Waals surface area contributed by atoms with E-state index in [1.807, 2.05) is 0 Å². The van der Waals surface area contributed by atoms with Crippen LogP contribution in [0.1, 0.15) is 45.0 Å². The van der Waals surface area contributed by atoms with Gasteiger partial charge in [-0.25, -0.2) is 9.59 Å². The molecule has 7 nitrogen and oxygen atoms in total. The number of rotatable bonds is 5. The van der Waals surface area contributed by atoms with Gasteiger partial charge < -0.3 is 19.7 Å². The van der Waals surface area contributed by atoms with Crippen molar-refractivity contribution in [1.82, 2.24) is 4.90 Å². The molecule has 10 heteroatoms. The summed E-state index contributed by atoms with van der Waals surface area (Å²) in [5.41, 5.74) is 1.32. The van der Waals surface area contributed by atoms with Gasteiger partial charge in [-0.05, 0) is 44.0 Å². The van der Waals surface area contributed by atoms with Gasteiger partial charge in [0.25, 0.3) is 5.91 Å². The molecule has 30 heavy (non-hydrogen) atoms. The maximum atomic E-state index is 12.8. The topological polar surface area (TPSA) is 84.9 Å². The molecule has 1 aliphatic rings. The number of carbonyl (C=O) groups is 3. The first kappa shape index (κ1) is 22.4. The molecule has 2 amide bonds. The van der Waals surface area contributed by atoms with E-state index in [4.69, 9.17) is 32.7 Å². The fourth-order valence-electron chi connectivity index (χ4n) is 3.13. The molecule has 160 valence electrons. The van der Waals surface area contributed by atoms with Crippen LogP contribution in [0.5, 0.6) is 0 Å². The van der Waals surface area contributed by atoms with Crippen LogP contribution < -0.4 is 5.32 Å². The van der Waals surface area contributed by atoms with E-state index in [1.165, 1.54) is 23.5 Å². The molecule has 1 aliphatic heterocycles. The molecule has 3 rings (SSSR count). The van der Waals surface area contributed by atoms with Crippen molar-refractivity contribution in [2.24, 2.45) is 0 Å². The van der Waals surface area contributed by atoms with Gasteiger partial charge in [-0.3, -0.25) is 4.79 Å². The Labute approximate surface area is 187 Å². The predicted molar refractivity (Wildman–Crippen MR) is 116 cm³/mol. The summed E-state index contributed by atoms with van der Waals surface area (Å²) in [6.45, 7) is 4.64. The molecule has 0 saturated carbocycles. The monoisotopic (exact) mass is 470 g/mol. The van der Waals surface area contributed by atoms with Crippen LogP contribution in [0.2, 0.25) is 10.0 Å². The van der Waals surface area contributed by atoms with E-state index in [9.17, 15) is 14.4 Å². The van der Waals surface area contributed by atoms with Crippen molar-refractivity contribution >= 4 is 57.5 Å². The lowest BCUT2D eigenvalue weighted by atomic mass is 10.0. The molecule has 0 aliphatic carbocycles. The van der Waals surface area contributed by atoms with Gasteiger partial charge >= 0.3 is 12.1 Å². The largest absolute Gasteiger partial charge is 0.462 e. The Morgan fingerprint density at radius 1 is 1.17 bits per heavy atom. The van der Waals surface area contributed by atoms with Crippen LogP contribution >= 0.6 is 34.5 Å². The van der Waals surface area contributed by atoms with Gasteiger partial charge in [0.15, 0.2) is 0 Å². The smallest absolute Gasteiger partial charge is 0.410 e. The number of benzene rings is 1. The summed E-state index contributed by atoms with van der Waals surface area (Å²) in [7, 11) is 0. The van der Waals surface area contributed by atoms with Gasteiger partial charge in [0.1, 0.15) is 5.00 Å².